The summed E-state index contributed by atoms with van der Waals surface area (Å²) in [6, 6.07) is 0.949. The average Bonchev–Trinajstić information content (AvgIpc) is 2.70. The van der Waals surface area contributed by atoms with Crippen LogP contribution >= 0.6 is 11.5 Å². The lowest BCUT2D eigenvalue weighted by molar-refractivity contribution is 0.411. The molecule has 4 nitrogen and oxygen atoms in total. The number of nitrogens with zero attached hydrogens (tertiary/aromatic N) is 2. The minimum atomic E-state index is 0.406. The molecule has 1 fully saturated rings. The lowest BCUT2D eigenvalue weighted by Gasteiger charge is -2.26. The molecule has 0 aliphatic heterocycles. The SMILES string of the molecule is CCCc1nsc(NC2CCC(N)CC2)n1. The third-order valence-electron chi connectivity index (χ3n) is 3.04. The van der Waals surface area contributed by atoms with E-state index in [4.69, 9.17) is 5.73 Å². The van der Waals surface area contributed by atoms with Gasteiger partial charge in [-0.25, -0.2) is 4.98 Å². The molecule has 1 aromatic heterocycles. The zero-order valence-corrected chi connectivity index (χ0v) is 10.6. The fraction of sp³-hybridized carbons (Fsp3) is 0.818. The molecule has 0 radical (unpaired) electrons. The van der Waals surface area contributed by atoms with Crippen LogP contribution in [-0.4, -0.2) is 21.4 Å². The number of rotatable bonds is 4. The first kappa shape index (κ1) is 11.8. The smallest absolute Gasteiger partial charge is 0.202 e. The molecule has 3 N–H and O–H groups in total. The fourth-order valence-corrected chi connectivity index (χ4v) is 2.77. The maximum Gasteiger partial charge on any atom is 0.202 e. The first-order valence-electron chi connectivity index (χ1n) is 6.12. The van der Waals surface area contributed by atoms with Gasteiger partial charge in [-0.15, -0.1) is 0 Å². The molecule has 1 aliphatic rings. The minimum Gasteiger partial charge on any atom is -0.358 e. The summed E-state index contributed by atoms with van der Waals surface area (Å²) in [4.78, 5) is 4.48. The monoisotopic (exact) mass is 240 g/mol. The van der Waals surface area contributed by atoms with Crippen molar-refractivity contribution in [2.45, 2.75) is 57.5 Å². The van der Waals surface area contributed by atoms with Gasteiger partial charge >= 0.3 is 0 Å². The second kappa shape index (κ2) is 5.59. The quantitative estimate of drug-likeness (QED) is 0.846. The molecule has 1 aliphatic carbocycles. The molecule has 5 heteroatoms. The maximum absolute atomic E-state index is 5.88. The molecule has 1 heterocycles. The van der Waals surface area contributed by atoms with E-state index in [0.29, 0.717) is 12.1 Å². The summed E-state index contributed by atoms with van der Waals surface area (Å²) in [5.74, 6) is 0.975. The Morgan fingerprint density at radius 2 is 2.12 bits per heavy atom. The van der Waals surface area contributed by atoms with Crippen LogP contribution in [0.15, 0.2) is 0 Å². The zero-order valence-electron chi connectivity index (χ0n) is 9.78. The molecular formula is C11H20N4S. The van der Waals surface area contributed by atoms with Crippen LogP contribution in [-0.2, 0) is 6.42 Å². The van der Waals surface area contributed by atoms with Crippen molar-refractivity contribution in [1.29, 1.82) is 0 Å². The zero-order chi connectivity index (χ0) is 11.4. The van der Waals surface area contributed by atoms with Crippen LogP contribution in [0.5, 0.6) is 0 Å². The molecule has 0 saturated heterocycles. The van der Waals surface area contributed by atoms with E-state index in [1.807, 2.05) is 0 Å². The Morgan fingerprint density at radius 1 is 1.38 bits per heavy atom. The van der Waals surface area contributed by atoms with Gasteiger partial charge in [0.2, 0.25) is 5.13 Å². The van der Waals surface area contributed by atoms with Crippen molar-refractivity contribution in [1.82, 2.24) is 9.36 Å². The highest BCUT2D eigenvalue weighted by molar-refractivity contribution is 7.09. The van der Waals surface area contributed by atoms with Gasteiger partial charge in [0.05, 0.1) is 0 Å². The molecular weight excluding hydrogens is 220 g/mol. The van der Waals surface area contributed by atoms with Gasteiger partial charge in [0.1, 0.15) is 5.82 Å². The minimum absolute atomic E-state index is 0.406. The van der Waals surface area contributed by atoms with Crippen LogP contribution in [0.25, 0.3) is 0 Å². The van der Waals surface area contributed by atoms with E-state index in [0.717, 1.165) is 49.5 Å². The number of hydrogen-bond donors (Lipinski definition) is 2. The molecule has 1 saturated carbocycles. The van der Waals surface area contributed by atoms with Gasteiger partial charge in [0, 0.05) is 30.0 Å². The largest absolute Gasteiger partial charge is 0.358 e. The maximum atomic E-state index is 5.88. The van der Waals surface area contributed by atoms with Crippen LogP contribution in [0.2, 0.25) is 0 Å². The first-order chi connectivity index (χ1) is 7.78. The topological polar surface area (TPSA) is 63.8 Å². The number of hydrogen-bond acceptors (Lipinski definition) is 5. The summed E-state index contributed by atoms with van der Waals surface area (Å²) >= 11 is 1.48. The van der Waals surface area contributed by atoms with E-state index in [1.54, 1.807) is 0 Å². The van der Waals surface area contributed by atoms with Crippen molar-refractivity contribution >= 4 is 16.7 Å². The highest BCUT2D eigenvalue weighted by atomic mass is 32.1. The molecule has 0 atom stereocenters. The van der Waals surface area contributed by atoms with Crippen LogP contribution in [0.3, 0.4) is 0 Å². The third kappa shape index (κ3) is 3.15. The molecule has 90 valence electrons. The van der Waals surface area contributed by atoms with Crippen LogP contribution in [0.4, 0.5) is 5.13 Å². The highest BCUT2D eigenvalue weighted by Gasteiger charge is 2.19. The van der Waals surface area contributed by atoms with Crippen molar-refractivity contribution in [3.8, 4) is 0 Å². The van der Waals surface area contributed by atoms with Crippen molar-refractivity contribution in [2.75, 3.05) is 5.32 Å². The van der Waals surface area contributed by atoms with E-state index in [-0.39, 0.29) is 0 Å². The number of nitrogens with two attached hydrogens (primary N) is 1. The van der Waals surface area contributed by atoms with E-state index >= 15 is 0 Å². The van der Waals surface area contributed by atoms with Gasteiger partial charge in [-0.3, -0.25) is 0 Å². The predicted molar refractivity (Wildman–Crippen MR) is 67.8 cm³/mol. The lowest BCUT2D eigenvalue weighted by atomic mass is 9.92. The van der Waals surface area contributed by atoms with Crippen molar-refractivity contribution < 1.29 is 0 Å². The van der Waals surface area contributed by atoms with E-state index in [1.165, 1.54) is 11.5 Å². The van der Waals surface area contributed by atoms with Crippen LogP contribution < -0.4 is 11.1 Å². The summed E-state index contributed by atoms with van der Waals surface area (Å²) in [6.45, 7) is 2.15. The summed E-state index contributed by atoms with van der Waals surface area (Å²) in [6.07, 6.45) is 6.65. The molecule has 1 aromatic rings. The second-order valence-electron chi connectivity index (χ2n) is 4.52. The van der Waals surface area contributed by atoms with Gasteiger partial charge in [0.25, 0.3) is 0 Å². The molecule has 0 bridgehead atoms. The molecule has 0 unspecified atom stereocenters. The highest BCUT2D eigenvalue weighted by Crippen LogP contribution is 2.22. The molecule has 16 heavy (non-hydrogen) atoms. The standard InChI is InChI=1S/C11H20N4S/c1-2-3-10-14-11(16-15-10)13-9-6-4-8(12)5-7-9/h8-9H,2-7,12H2,1H3,(H,13,14,15). The summed E-state index contributed by atoms with van der Waals surface area (Å²) in [5.41, 5.74) is 5.88. The Kier molecular flexibility index (Phi) is 4.12. The van der Waals surface area contributed by atoms with Gasteiger partial charge in [-0.1, -0.05) is 6.92 Å². The molecule has 0 spiro atoms. The lowest BCUT2D eigenvalue weighted by Crippen LogP contribution is -2.32. The van der Waals surface area contributed by atoms with Gasteiger partial charge in [-0.2, -0.15) is 4.37 Å². The van der Waals surface area contributed by atoms with Gasteiger partial charge in [0.15, 0.2) is 0 Å². The molecule has 0 aromatic carbocycles. The van der Waals surface area contributed by atoms with Crippen LogP contribution in [0.1, 0.15) is 44.9 Å². The number of aromatic nitrogens is 2. The normalized spacial score (nSPS) is 25.6. The van der Waals surface area contributed by atoms with Crippen molar-refractivity contribution in [3.05, 3.63) is 5.82 Å². The third-order valence-corrected chi connectivity index (χ3v) is 3.73. The number of anilines is 1. The predicted octanol–water partition coefficient (Wildman–Crippen LogP) is 2.17. The Morgan fingerprint density at radius 3 is 2.81 bits per heavy atom. The molecule has 0 amide bonds. The van der Waals surface area contributed by atoms with Crippen molar-refractivity contribution in [3.63, 3.8) is 0 Å². The fourth-order valence-electron chi connectivity index (χ4n) is 2.08. The summed E-state index contributed by atoms with van der Waals surface area (Å²) < 4.78 is 4.33. The number of aryl methyl sites for hydroxylation is 1. The molecule has 2 rings (SSSR count). The van der Waals surface area contributed by atoms with Crippen LogP contribution in [0, 0.1) is 0 Å². The Labute approximate surface area is 101 Å². The van der Waals surface area contributed by atoms with Gasteiger partial charge < -0.3 is 11.1 Å². The Balaban J connectivity index is 1.83. The average molecular weight is 240 g/mol. The Bertz CT molecular complexity index is 318. The Hall–Kier alpha value is -0.680. The van der Waals surface area contributed by atoms with E-state index in [9.17, 15) is 0 Å². The van der Waals surface area contributed by atoms with E-state index < -0.39 is 0 Å². The number of nitrogens with one attached hydrogen (secondary N) is 1. The summed E-state index contributed by atoms with van der Waals surface area (Å²) in [7, 11) is 0. The second-order valence-corrected chi connectivity index (χ2v) is 5.27. The summed E-state index contributed by atoms with van der Waals surface area (Å²) in [5, 5.41) is 4.45. The van der Waals surface area contributed by atoms with Gasteiger partial charge in [-0.05, 0) is 32.1 Å². The van der Waals surface area contributed by atoms with Crippen molar-refractivity contribution in [2.24, 2.45) is 5.73 Å². The van der Waals surface area contributed by atoms with E-state index in [2.05, 4.69) is 21.6 Å². The first-order valence-corrected chi connectivity index (χ1v) is 6.90.